The van der Waals surface area contributed by atoms with Crippen molar-refractivity contribution in [2.75, 3.05) is 7.11 Å². The molecule has 0 fully saturated rings. The largest absolute Gasteiger partial charge is 0.380 e. The summed E-state index contributed by atoms with van der Waals surface area (Å²) in [7, 11) is 3.72. The zero-order chi connectivity index (χ0) is 10.6. The van der Waals surface area contributed by atoms with E-state index in [1.54, 1.807) is 13.3 Å². The number of hydrogen-bond acceptors (Lipinski definition) is 3. The zero-order valence-corrected chi connectivity index (χ0v) is 9.32. The number of aryl methyl sites for hydroxylation is 1. The van der Waals surface area contributed by atoms with Crippen LogP contribution in [0.3, 0.4) is 0 Å². The van der Waals surface area contributed by atoms with Crippen LogP contribution in [0.4, 0.5) is 0 Å². The Balaban J connectivity index is 2.37. The Labute approximate surface area is 85.3 Å². The van der Waals surface area contributed by atoms with Gasteiger partial charge in [-0.1, -0.05) is 0 Å². The molecule has 2 atom stereocenters. The van der Waals surface area contributed by atoms with E-state index in [0.717, 1.165) is 12.4 Å². The molecule has 1 rings (SSSR count). The van der Waals surface area contributed by atoms with Crippen LogP contribution < -0.4 is 5.32 Å². The van der Waals surface area contributed by atoms with E-state index in [0.29, 0.717) is 6.04 Å². The van der Waals surface area contributed by atoms with Crippen molar-refractivity contribution in [3.63, 3.8) is 0 Å². The lowest BCUT2D eigenvalue weighted by atomic mass is 10.2. The van der Waals surface area contributed by atoms with Crippen molar-refractivity contribution in [1.29, 1.82) is 0 Å². The van der Waals surface area contributed by atoms with Crippen LogP contribution in [-0.4, -0.2) is 28.8 Å². The van der Waals surface area contributed by atoms with Gasteiger partial charge in [-0.3, -0.25) is 0 Å². The molecule has 1 heterocycles. The Morgan fingerprint density at radius 3 is 2.79 bits per heavy atom. The lowest BCUT2D eigenvalue weighted by Gasteiger charge is -2.19. The molecule has 1 aromatic rings. The van der Waals surface area contributed by atoms with Crippen LogP contribution in [0.15, 0.2) is 12.4 Å². The van der Waals surface area contributed by atoms with E-state index >= 15 is 0 Å². The van der Waals surface area contributed by atoms with Crippen molar-refractivity contribution in [3.05, 3.63) is 18.2 Å². The summed E-state index contributed by atoms with van der Waals surface area (Å²) in [6.07, 6.45) is 3.97. The number of aromatic nitrogens is 2. The summed E-state index contributed by atoms with van der Waals surface area (Å²) in [5, 5.41) is 3.37. The molecule has 4 heteroatoms. The van der Waals surface area contributed by atoms with Crippen molar-refractivity contribution in [2.24, 2.45) is 7.05 Å². The molecule has 4 nitrogen and oxygen atoms in total. The Morgan fingerprint density at radius 2 is 2.29 bits per heavy atom. The molecule has 0 aromatic carbocycles. The van der Waals surface area contributed by atoms with Crippen LogP contribution >= 0.6 is 0 Å². The summed E-state index contributed by atoms with van der Waals surface area (Å²) >= 11 is 0. The first-order valence-corrected chi connectivity index (χ1v) is 4.87. The molecule has 14 heavy (non-hydrogen) atoms. The molecule has 0 saturated heterocycles. The van der Waals surface area contributed by atoms with E-state index < -0.39 is 0 Å². The van der Waals surface area contributed by atoms with Crippen LogP contribution in [0.5, 0.6) is 0 Å². The first-order valence-electron chi connectivity index (χ1n) is 4.87. The smallest absolute Gasteiger partial charge is 0.122 e. The first kappa shape index (κ1) is 11.2. The molecule has 0 spiro atoms. The minimum Gasteiger partial charge on any atom is -0.380 e. The fourth-order valence-corrected chi connectivity index (χ4v) is 1.19. The van der Waals surface area contributed by atoms with Gasteiger partial charge >= 0.3 is 0 Å². The van der Waals surface area contributed by atoms with Gasteiger partial charge in [0.25, 0.3) is 0 Å². The fraction of sp³-hybridized carbons (Fsp3) is 0.700. The van der Waals surface area contributed by atoms with E-state index in [-0.39, 0.29) is 6.10 Å². The van der Waals surface area contributed by atoms with Gasteiger partial charge in [0.1, 0.15) is 5.82 Å². The highest BCUT2D eigenvalue weighted by molar-refractivity contribution is 4.91. The molecule has 0 saturated carbocycles. The highest BCUT2D eigenvalue weighted by atomic mass is 16.5. The SMILES string of the molecule is COC(C)C(C)NCc1nccn1C. The Hall–Kier alpha value is -0.870. The summed E-state index contributed by atoms with van der Waals surface area (Å²) in [4.78, 5) is 4.23. The summed E-state index contributed by atoms with van der Waals surface area (Å²) in [6, 6.07) is 0.330. The van der Waals surface area contributed by atoms with Crippen molar-refractivity contribution >= 4 is 0 Å². The molecule has 0 aliphatic heterocycles. The van der Waals surface area contributed by atoms with E-state index in [1.807, 2.05) is 17.8 Å². The highest BCUT2D eigenvalue weighted by Crippen LogP contribution is 1.99. The second-order valence-corrected chi connectivity index (χ2v) is 3.56. The molecule has 0 aliphatic rings. The molecule has 0 aliphatic carbocycles. The van der Waals surface area contributed by atoms with Crippen LogP contribution in [0, 0.1) is 0 Å². The predicted octanol–water partition coefficient (Wildman–Crippen LogP) is 0.933. The Kier molecular flexibility index (Phi) is 4.10. The average molecular weight is 197 g/mol. The lowest BCUT2D eigenvalue weighted by molar-refractivity contribution is 0.0879. The van der Waals surface area contributed by atoms with Crippen molar-refractivity contribution < 1.29 is 4.74 Å². The third-order valence-corrected chi connectivity index (χ3v) is 2.58. The molecule has 1 aromatic heterocycles. The third-order valence-electron chi connectivity index (χ3n) is 2.58. The fourth-order valence-electron chi connectivity index (χ4n) is 1.19. The van der Waals surface area contributed by atoms with Crippen molar-refractivity contribution in [2.45, 2.75) is 32.5 Å². The first-order chi connectivity index (χ1) is 6.65. The maximum absolute atomic E-state index is 5.22. The minimum atomic E-state index is 0.218. The van der Waals surface area contributed by atoms with E-state index in [9.17, 15) is 0 Å². The summed E-state index contributed by atoms with van der Waals surface area (Å²) < 4.78 is 7.23. The zero-order valence-electron chi connectivity index (χ0n) is 9.32. The average Bonchev–Trinajstić information content (AvgIpc) is 2.59. The maximum Gasteiger partial charge on any atom is 0.122 e. The number of imidazole rings is 1. The molecule has 2 unspecified atom stereocenters. The topological polar surface area (TPSA) is 39.1 Å². The summed E-state index contributed by atoms with van der Waals surface area (Å²) in [5.74, 6) is 1.04. The van der Waals surface area contributed by atoms with Gasteiger partial charge in [-0.2, -0.15) is 0 Å². The van der Waals surface area contributed by atoms with Crippen molar-refractivity contribution in [1.82, 2.24) is 14.9 Å². The molecule has 0 radical (unpaired) electrons. The van der Waals surface area contributed by atoms with E-state index in [2.05, 4.69) is 24.1 Å². The van der Waals surface area contributed by atoms with Gasteiger partial charge in [-0.25, -0.2) is 4.98 Å². The maximum atomic E-state index is 5.22. The van der Waals surface area contributed by atoms with Crippen LogP contribution in [0.1, 0.15) is 19.7 Å². The van der Waals surface area contributed by atoms with Gasteiger partial charge in [0, 0.05) is 32.6 Å². The van der Waals surface area contributed by atoms with E-state index in [1.165, 1.54) is 0 Å². The second-order valence-electron chi connectivity index (χ2n) is 3.56. The van der Waals surface area contributed by atoms with Gasteiger partial charge < -0.3 is 14.6 Å². The van der Waals surface area contributed by atoms with Crippen LogP contribution in [0.2, 0.25) is 0 Å². The number of nitrogens with one attached hydrogen (secondary N) is 1. The highest BCUT2D eigenvalue weighted by Gasteiger charge is 2.10. The number of ether oxygens (including phenoxy) is 1. The number of methoxy groups -OCH3 is 1. The van der Waals surface area contributed by atoms with E-state index in [4.69, 9.17) is 4.74 Å². The van der Waals surface area contributed by atoms with Gasteiger partial charge in [-0.05, 0) is 13.8 Å². The Morgan fingerprint density at radius 1 is 1.57 bits per heavy atom. The number of rotatable bonds is 5. The number of nitrogens with zero attached hydrogens (tertiary/aromatic N) is 2. The minimum absolute atomic E-state index is 0.218. The molecule has 1 N–H and O–H groups in total. The predicted molar refractivity (Wildman–Crippen MR) is 56.0 cm³/mol. The lowest BCUT2D eigenvalue weighted by Crippen LogP contribution is -2.36. The third kappa shape index (κ3) is 2.82. The molecule has 0 bridgehead atoms. The Bertz CT molecular complexity index is 272. The monoisotopic (exact) mass is 197 g/mol. The normalized spacial score (nSPS) is 15.4. The van der Waals surface area contributed by atoms with Crippen molar-refractivity contribution in [3.8, 4) is 0 Å². The molecule has 0 amide bonds. The number of hydrogen-bond donors (Lipinski definition) is 1. The van der Waals surface area contributed by atoms with Gasteiger partial charge in [0.15, 0.2) is 0 Å². The standard InChI is InChI=1S/C10H19N3O/c1-8(9(2)14-4)12-7-10-11-5-6-13(10)3/h5-6,8-9,12H,7H2,1-4H3. The van der Waals surface area contributed by atoms with Gasteiger partial charge in [-0.15, -0.1) is 0 Å². The van der Waals surface area contributed by atoms with Crippen LogP contribution in [-0.2, 0) is 18.3 Å². The van der Waals surface area contributed by atoms with Crippen LogP contribution in [0.25, 0.3) is 0 Å². The summed E-state index contributed by atoms with van der Waals surface area (Å²) in [6.45, 7) is 4.94. The van der Waals surface area contributed by atoms with Gasteiger partial charge in [0.05, 0.1) is 12.6 Å². The van der Waals surface area contributed by atoms with Gasteiger partial charge in [0.2, 0.25) is 0 Å². The molecular weight excluding hydrogens is 178 g/mol. The molecular formula is C10H19N3O. The quantitative estimate of drug-likeness (QED) is 0.763. The molecule has 80 valence electrons. The summed E-state index contributed by atoms with van der Waals surface area (Å²) in [5.41, 5.74) is 0. The second kappa shape index (κ2) is 5.12.